The minimum atomic E-state index is -0.635. The molecule has 0 aliphatic heterocycles. The molecule has 0 aliphatic carbocycles. The van der Waals surface area contributed by atoms with Gasteiger partial charge in [-0.05, 0) is 38.5 Å². The standard InChI is InChI=1S/C20H21N3O5S/c1-4-27-10-15(24)21-18-16-14(11-29-18)17(20(26)28-5-2)22-23(19(16)25)13-8-6-7-12(3)9-13/h6-9,11H,4-5,10H2,1-3H3,(H,21,24). The lowest BCUT2D eigenvalue weighted by molar-refractivity contribution is -0.120. The van der Waals surface area contributed by atoms with Crippen LogP contribution in [-0.2, 0) is 14.3 Å². The highest BCUT2D eigenvalue weighted by atomic mass is 32.1. The van der Waals surface area contributed by atoms with Gasteiger partial charge in [0.25, 0.3) is 11.5 Å². The van der Waals surface area contributed by atoms with Crippen LogP contribution in [0, 0.1) is 6.92 Å². The van der Waals surface area contributed by atoms with Crippen LogP contribution >= 0.6 is 11.3 Å². The highest BCUT2D eigenvalue weighted by molar-refractivity contribution is 7.16. The van der Waals surface area contributed by atoms with E-state index in [2.05, 4.69) is 10.4 Å². The lowest BCUT2D eigenvalue weighted by atomic mass is 10.2. The fraction of sp³-hybridized carbons (Fsp3) is 0.300. The predicted octanol–water partition coefficient (Wildman–Crippen LogP) is 2.91. The average Bonchev–Trinajstić information content (AvgIpc) is 3.11. The van der Waals surface area contributed by atoms with Crippen molar-refractivity contribution in [2.24, 2.45) is 0 Å². The zero-order valence-electron chi connectivity index (χ0n) is 16.4. The molecule has 1 aromatic carbocycles. The number of esters is 1. The van der Waals surface area contributed by atoms with Gasteiger partial charge in [-0.1, -0.05) is 12.1 Å². The van der Waals surface area contributed by atoms with Crippen LogP contribution in [0.1, 0.15) is 29.9 Å². The number of anilines is 1. The van der Waals surface area contributed by atoms with Crippen LogP contribution in [0.4, 0.5) is 5.00 Å². The van der Waals surface area contributed by atoms with Crippen LogP contribution < -0.4 is 10.9 Å². The Labute approximate surface area is 171 Å². The molecule has 3 rings (SSSR count). The molecule has 1 N–H and O–H groups in total. The summed E-state index contributed by atoms with van der Waals surface area (Å²) in [6.45, 7) is 5.81. The summed E-state index contributed by atoms with van der Waals surface area (Å²) in [4.78, 5) is 37.8. The Morgan fingerprint density at radius 1 is 1.24 bits per heavy atom. The average molecular weight is 415 g/mol. The lowest BCUT2D eigenvalue weighted by Crippen LogP contribution is -2.26. The maximum absolute atomic E-state index is 13.2. The van der Waals surface area contributed by atoms with Gasteiger partial charge in [0, 0.05) is 17.4 Å². The van der Waals surface area contributed by atoms with E-state index < -0.39 is 11.5 Å². The second-order valence-electron chi connectivity index (χ2n) is 6.16. The number of aryl methyl sites for hydroxylation is 1. The summed E-state index contributed by atoms with van der Waals surface area (Å²) in [6.07, 6.45) is 0. The molecule has 0 atom stereocenters. The molecule has 0 bridgehead atoms. The number of nitrogens with one attached hydrogen (secondary N) is 1. The van der Waals surface area contributed by atoms with Crippen LogP contribution in [-0.4, -0.2) is 41.5 Å². The van der Waals surface area contributed by atoms with Gasteiger partial charge in [-0.25, -0.2) is 4.79 Å². The highest BCUT2D eigenvalue weighted by Crippen LogP contribution is 2.30. The molecule has 0 saturated heterocycles. The number of amides is 1. The van der Waals surface area contributed by atoms with E-state index in [1.807, 2.05) is 13.0 Å². The van der Waals surface area contributed by atoms with Gasteiger partial charge in [0.05, 0.1) is 17.7 Å². The maximum Gasteiger partial charge on any atom is 0.359 e. The molecule has 0 unspecified atom stereocenters. The summed E-state index contributed by atoms with van der Waals surface area (Å²) in [5.41, 5.74) is 1.03. The SMILES string of the molecule is CCOCC(=O)Nc1scc2c(C(=O)OCC)nn(-c3cccc(C)c3)c(=O)c12. The minimum Gasteiger partial charge on any atom is -0.461 e. The Balaban J connectivity index is 2.20. The van der Waals surface area contributed by atoms with E-state index in [1.165, 1.54) is 0 Å². The second kappa shape index (κ2) is 8.97. The highest BCUT2D eigenvalue weighted by Gasteiger charge is 2.23. The zero-order chi connectivity index (χ0) is 21.0. The van der Waals surface area contributed by atoms with Gasteiger partial charge in [0.1, 0.15) is 11.6 Å². The molecule has 3 aromatic rings. The lowest BCUT2D eigenvalue weighted by Gasteiger charge is -2.10. The monoisotopic (exact) mass is 415 g/mol. The van der Waals surface area contributed by atoms with Gasteiger partial charge in [0.2, 0.25) is 0 Å². The molecule has 0 spiro atoms. The summed E-state index contributed by atoms with van der Waals surface area (Å²) in [6, 6.07) is 7.20. The number of thiophene rings is 1. The number of hydrogen-bond acceptors (Lipinski definition) is 7. The molecule has 29 heavy (non-hydrogen) atoms. The summed E-state index contributed by atoms with van der Waals surface area (Å²) < 4.78 is 11.4. The molecule has 152 valence electrons. The molecular weight excluding hydrogens is 394 g/mol. The summed E-state index contributed by atoms with van der Waals surface area (Å²) in [7, 11) is 0. The predicted molar refractivity (Wildman–Crippen MR) is 111 cm³/mol. The Kier molecular flexibility index (Phi) is 6.40. The normalized spacial score (nSPS) is 10.9. The molecule has 9 heteroatoms. The fourth-order valence-corrected chi connectivity index (χ4v) is 3.74. The first-order valence-corrected chi connectivity index (χ1v) is 10.0. The maximum atomic E-state index is 13.2. The van der Waals surface area contributed by atoms with Crippen molar-refractivity contribution in [3.05, 3.63) is 51.3 Å². The molecule has 0 aliphatic rings. The van der Waals surface area contributed by atoms with E-state index in [0.717, 1.165) is 21.6 Å². The first kappa shape index (κ1) is 20.7. The minimum absolute atomic E-state index is 0.0181. The van der Waals surface area contributed by atoms with Crippen molar-refractivity contribution in [1.82, 2.24) is 9.78 Å². The largest absolute Gasteiger partial charge is 0.461 e. The Morgan fingerprint density at radius 2 is 2.03 bits per heavy atom. The third-order valence-electron chi connectivity index (χ3n) is 4.06. The molecule has 1 amide bonds. The number of nitrogens with zero attached hydrogens (tertiary/aromatic N) is 2. The van der Waals surface area contributed by atoms with Crippen molar-refractivity contribution in [3.8, 4) is 5.69 Å². The number of carbonyl (C=O) groups is 2. The van der Waals surface area contributed by atoms with E-state index in [1.54, 1.807) is 37.4 Å². The van der Waals surface area contributed by atoms with Gasteiger partial charge >= 0.3 is 5.97 Å². The van der Waals surface area contributed by atoms with Gasteiger partial charge in [0.15, 0.2) is 5.69 Å². The Morgan fingerprint density at radius 3 is 2.72 bits per heavy atom. The fourth-order valence-electron chi connectivity index (χ4n) is 2.78. The van der Waals surface area contributed by atoms with Crippen molar-refractivity contribution in [1.29, 1.82) is 0 Å². The number of aromatic nitrogens is 2. The molecule has 8 nitrogen and oxygen atoms in total. The van der Waals surface area contributed by atoms with E-state index in [-0.39, 0.29) is 30.2 Å². The molecule has 2 heterocycles. The number of rotatable bonds is 7. The van der Waals surface area contributed by atoms with Crippen LogP contribution in [0.15, 0.2) is 34.4 Å². The number of hydrogen-bond donors (Lipinski definition) is 1. The second-order valence-corrected chi connectivity index (χ2v) is 7.04. The van der Waals surface area contributed by atoms with Crippen LogP contribution in [0.25, 0.3) is 16.5 Å². The first-order chi connectivity index (χ1) is 14.0. The Hall–Kier alpha value is -3.04. The van der Waals surface area contributed by atoms with Crippen LogP contribution in [0.2, 0.25) is 0 Å². The topological polar surface area (TPSA) is 99.5 Å². The van der Waals surface area contributed by atoms with E-state index in [9.17, 15) is 14.4 Å². The van der Waals surface area contributed by atoms with Crippen molar-refractivity contribution in [3.63, 3.8) is 0 Å². The zero-order valence-corrected chi connectivity index (χ0v) is 17.2. The van der Waals surface area contributed by atoms with Crippen molar-refractivity contribution in [2.75, 3.05) is 25.1 Å². The van der Waals surface area contributed by atoms with Crippen molar-refractivity contribution < 1.29 is 19.1 Å². The third kappa shape index (κ3) is 4.36. The summed E-state index contributed by atoms with van der Waals surface area (Å²) in [5, 5.41) is 9.47. The van der Waals surface area contributed by atoms with E-state index in [0.29, 0.717) is 22.7 Å². The van der Waals surface area contributed by atoms with Gasteiger partial charge in [-0.3, -0.25) is 9.59 Å². The summed E-state index contributed by atoms with van der Waals surface area (Å²) in [5.74, 6) is -1.02. The third-order valence-corrected chi connectivity index (χ3v) is 4.95. The van der Waals surface area contributed by atoms with Gasteiger partial charge < -0.3 is 14.8 Å². The van der Waals surface area contributed by atoms with Gasteiger partial charge in [-0.15, -0.1) is 11.3 Å². The number of fused-ring (bicyclic) bond motifs is 1. The van der Waals surface area contributed by atoms with E-state index >= 15 is 0 Å². The van der Waals surface area contributed by atoms with Crippen LogP contribution in [0.3, 0.4) is 0 Å². The molecule has 0 fully saturated rings. The first-order valence-electron chi connectivity index (χ1n) is 9.12. The molecule has 0 saturated carbocycles. The summed E-state index contributed by atoms with van der Waals surface area (Å²) >= 11 is 1.15. The van der Waals surface area contributed by atoms with Crippen molar-refractivity contribution in [2.45, 2.75) is 20.8 Å². The van der Waals surface area contributed by atoms with Gasteiger partial charge in [-0.2, -0.15) is 9.78 Å². The smallest absolute Gasteiger partial charge is 0.359 e. The quantitative estimate of drug-likeness (QED) is 0.596. The molecular formula is C20H21N3O5S. The number of ether oxygens (including phenoxy) is 2. The van der Waals surface area contributed by atoms with Crippen LogP contribution in [0.5, 0.6) is 0 Å². The molecule has 2 aromatic heterocycles. The molecule has 0 radical (unpaired) electrons. The number of carbonyl (C=O) groups excluding carboxylic acids is 2. The van der Waals surface area contributed by atoms with E-state index in [4.69, 9.17) is 9.47 Å². The van der Waals surface area contributed by atoms with Crippen molar-refractivity contribution >= 4 is 39.0 Å². The Bertz CT molecular complexity index is 1120. The number of benzene rings is 1.